The lowest BCUT2D eigenvalue weighted by molar-refractivity contribution is -0.385. The van der Waals surface area contributed by atoms with Gasteiger partial charge in [0, 0.05) is 43.9 Å². The molecule has 3 rings (SSSR count). The van der Waals surface area contributed by atoms with Crippen LogP contribution in [0.2, 0.25) is 0 Å². The van der Waals surface area contributed by atoms with Crippen molar-refractivity contribution < 1.29 is 13.7 Å². The summed E-state index contributed by atoms with van der Waals surface area (Å²) >= 11 is 5.04. The molecule has 1 aliphatic rings. The number of aromatic amines is 1. The number of hydrogen-bond donors (Lipinski definition) is 1. The molecule has 1 aliphatic carbocycles. The summed E-state index contributed by atoms with van der Waals surface area (Å²) in [5.74, 6) is -2.21. The number of nitro benzene ring substituents is 1. The smallest absolute Gasteiger partial charge is 0.269 e. The molecule has 2 aromatic rings. The Hall–Kier alpha value is -2.16. The van der Waals surface area contributed by atoms with E-state index in [0.717, 1.165) is 0 Å². The van der Waals surface area contributed by atoms with Crippen LogP contribution >= 0.6 is 12.2 Å². The van der Waals surface area contributed by atoms with Crippen molar-refractivity contribution in [2.24, 2.45) is 7.05 Å². The molecule has 1 fully saturated rings. The van der Waals surface area contributed by atoms with Crippen molar-refractivity contribution in [3.63, 3.8) is 0 Å². The van der Waals surface area contributed by atoms with Gasteiger partial charge >= 0.3 is 0 Å². The maximum Gasteiger partial charge on any atom is 0.269 e. The quantitative estimate of drug-likeness (QED) is 0.526. The van der Waals surface area contributed by atoms with E-state index in [4.69, 9.17) is 12.2 Å². The molecule has 1 heterocycles. The first-order valence-electron chi connectivity index (χ1n) is 6.96. The Balaban J connectivity index is 2.01. The van der Waals surface area contributed by atoms with Crippen LogP contribution in [-0.2, 0) is 18.9 Å². The van der Waals surface area contributed by atoms with E-state index >= 15 is 0 Å². The number of aromatic nitrogens is 3. The molecule has 0 unspecified atom stereocenters. The molecule has 1 aromatic heterocycles. The molecule has 0 aliphatic heterocycles. The zero-order valence-electron chi connectivity index (χ0n) is 12.3. The van der Waals surface area contributed by atoms with Crippen LogP contribution in [0.25, 0.3) is 0 Å². The standard InChI is InChI=1S/C14H14F2N4O2S/c1-19-11(17-18-12(19)23)6-13(7-14(15,16)8-13)9-3-2-4-10(5-9)20(21)22/h2-5H,6-8H2,1H3,(H,18,23). The number of nitrogens with zero attached hydrogens (tertiary/aromatic N) is 3. The van der Waals surface area contributed by atoms with E-state index in [1.54, 1.807) is 17.7 Å². The highest BCUT2D eigenvalue weighted by molar-refractivity contribution is 7.71. The highest BCUT2D eigenvalue weighted by Crippen LogP contribution is 2.55. The number of rotatable bonds is 4. The summed E-state index contributed by atoms with van der Waals surface area (Å²) in [6.45, 7) is 0. The van der Waals surface area contributed by atoms with Crippen molar-refractivity contribution in [1.29, 1.82) is 0 Å². The van der Waals surface area contributed by atoms with Crippen molar-refractivity contribution in [2.45, 2.75) is 30.6 Å². The predicted octanol–water partition coefficient (Wildman–Crippen LogP) is 3.30. The zero-order chi connectivity index (χ0) is 16.8. The second kappa shape index (κ2) is 5.19. The summed E-state index contributed by atoms with van der Waals surface area (Å²) in [4.78, 5) is 10.4. The zero-order valence-corrected chi connectivity index (χ0v) is 13.1. The lowest BCUT2D eigenvalue weighted by atomic mass is 9.60. The summed E-state index contributed by atoms with van der Waals surface area (Å²) in [5.41, 5.74) is -0.441. The van der Waals surface area contributed by atoms with Crippen molar-refractivity contribution >= 4 is 17.9 Å². The molecule has 0 bridgehead atoms. The fourth-order valence-electron chi connectivity index (χ4n) is 3.16. The van der Waals surface area contributed by atoms with Crippen molar-refractivity contribution in [2.75, 3.05) is 0 Å². The summed E-state index contributed by atoms with van der Waals surface area (Å²) in [5, 5.41) is 17.7. The average Bonchev–Trinajstić information content (AvgIpc) is 2.77. The third-order valence-corrected chi connectivity index (χ3v) is 4.70. The number of nitrogens with one attached hydrogen (secondary N) is 1. The molecule has 1 saturated carbocycles. The second-order valence-electron chi connectivity index (χ2n) is 5.98. The van der Waals surface area contributed by atoms with Crippen LogP contribution in [0.4, 0.5) is 14.5 Å². The van der Waals surface area contributed by atoms with Crippen LogP contribution in [0.1, 0.15) is 24.2 Å². The van der Waals surface area contributed by atoms with Gasteiger partial charge in [0.2, 0.25) is 5.92 Å². The highest BCUT2D eigenvalue weighted by Gasteiger charge is 2.57. The van der Waals surface area contributed by atoms with Crippen molar-refractivity contribution in [3.8, 4) is 0 Å². The number of halogens is 2. The lowest BCUT2D eigenvalue weighted by Gasteiger charge is -2.47. The first-order valence-corrected chi connectivity index (χ1v) is 7.36. The SMILES string of the molecule is Cn1c(CC2(c3cccc([N+](=O)[O-])c3)CC(F)(F)C2)n[nH]c1=S. The Morgan fingerprint density at radius 2 is 2.17 bits per heavy atom. The van der Waals surface area contributed by atoms with Gasteiger partial charge in [0.1, 0.15) is 5.82 Å². The Morgan fingerprint density at radius 3 is 2.70 bits per heavy atom. The van der Waals surface area contributed by atoms with Crippen LogP contribution in [-0.4, -0.2) is 25.6 Å². The molecule has 0 atom stereocenters. The number of H-pyrrole nitrogens is 1. The van der Waals surface area contributed by atoms with Gasteiger partial charge in [0.15, 0.2) is 4.77 Å². The van der Waals surface area contributed by atoms with Gasteiger partial charge in [-0.3, -0.25) is 15.2 Å². The number of hydrogen-bond acceptors (Lipinski definition) is 4. The van der Waals surface area contributed by atoms with E-state index in [9.17, 15) is 18.9 Å². The van der Waals surface area contributed by atoms with E-state index in [2.05, 4.69) is 10.2 Å². The molecule has 6 nitrogen and oxygen atoms in total. The largest absolute Gasteiger partial charge is 0.307 e. The van der Waals surface area contributed by atoms with Crippen LogP contribution in [0.5, 0.6) is 0 Å². The van der Waals surface area contributed by atoms with E-state index in [0.29, 0.717) is 16.2 Å². The maximum absolute atomic E-state index is 13.6. The van der Waals surface area contributed by atoms with Gasteiger partial charge in [-0.05, 0) is 17.8 Å². The van der Waals surface area contributed by atoms with Gasteiger partial charge in [-0.2, -0.15) is 5.10 Å². The molecule has 0 saturated heterocycles. The summed E-state index contributed by atoms with van der Waals surface area (Å²) in [7, 11) is 1.71. The second-order valence-corrected chi connectivity index (χ2v) is 6.36. The Kier molecular flexibility index (Phi) is 3.55. The third-order valence-electron chi connectivity index (χ3n) is 4.33. The van der Waals surface area contributed by atoms with Gasteiger partial charge in [0.05, 0.1) is 4.92 Å². The van der Waals surface area contributed by atoms with Crippen LogP contribution in [0, 0.1) is 14.9 Å². The molecule has 122 valence electrons. The molecule has 23 heavy (non-hydrogen) atoms. The minimum Gasteiger partial charge on any atom is -0.307 e. The normalized spacial score (nSPS) is 18.4. The summed E-state index contributed by atoms with van der Waals surface area (Å²) < 4.78 is 29.2. The molecule has 1 aromatic carbocycles. The van der Waals surface area contributed by atoms with E-state index < -0.39 is 16.3 Å². The van der Waals surface area contributed by atoms with Crippen LogP contribution in [0.15, 0.2) is 24.3 Å². The Morgan fingerprint density at radius 1 is 1.48 bits per heavy atom. The van der Waals surface area contributed by atoms with Gasteiger partial charge in [-0.25, -0.2) is 8.78 Å². The molecule has 9 heteroatoms. The Labute approximate surface area is 135 Å². The van der Waals surface area contributed by atoms with Crippen molar-refractivity contribution in [1.82, 2.24) is 14.8 Å². The number of nitro groups is 1. The molecular weight excluding hydrogens is 326 g/mol. The molecule has 0 amide bonds. The van der Waals surface area contributed by atoms with Crippen LogP contribution < -0.4 is 0 Å². The topological polar surface area (TPSA) is 76.8 Å². The molecule has 0 spiro atoms. The monoisotopic (exact) mass is 340 g/mol. The average molecular weight is 340 g/mol. The van der Waals surface area contributed by atoms with Gasteiger partial charge < -0.3 is 4.57 Å². The minimum absolute atomic E-state index is 0.104. The van der Waals surface area contributed by atoms with E-state index in [-0.39, 0.29) is 24.9 Å². The summed E-state index contributed by atoms with van der Waals surface area (Å²) in [6.07, 6.45) is -0.477. The fourth-order valence-corrected chi connectivity index (χ4v) is 3.31. The van der Waals surface area contributed by atoms with E-state index in [1.807, 2.05) is 0 Å². The van der Waals surface area contributed by atoms with Crippen LogP contribution in [0.3, 0.4) is 0 Å². The lowest BCUT2D eigenvalue weighted by Crippen LogP contribution is -2.51. The minimum atomic E-state index is -2.77. The first kappa shape index (κ1) is 15.7. The highest BCUT2D eigenvalue weighted by atomic mass is 32.1. The Bertz CT molecular complexity index is 822. The maximum atomic E-state index is 13.6. The fraction of sp³-hybridized carbons (Fsp3) is 0.429. The third kappa shape index (κ3) is 2.76. The first-order chi connectivity index (χ1) is 10.7. The number of benzene rings is 1. The number of non-ortho nitro benzene ring substituents is 1. The van der Waals surface area contributed by atoms with Gasteiger partial charge in [-0.15, -0.1) is 0 Å². The van der Waals surface area contributed by atoms with Gasteiger partial charge in [0.25, 0.3) is 5.69 Å². The predicted molar refractivity (Wildman–Crippen MR) is 81.1 cm³/mol. The molecule has 0 radical (unpaired) electrons. The van der Waals surface area contributed by atoms with E-state index in [1.165, 1.54) is 18.2 Å². The molecular formula is C14H14F2N4O2S. The summed E-state index contributed by atoms with van der Waals surface area (Å²) in [6, 6.07) is 5.90. The van der Waals surface area contributed by atoms with Crippen molar-refractivity contribution in [3.05, 3.63) is 50.5 Å². The molecule has 1 N–H and O–H groups in total. The number of alkyl halides is 2. The van der Waals surface area contributed by atoms with Gasteiger partial charge in [-0.1, -0.05) is 12.1 Å².